The lowest BCUT2D eigenvalue weighted by Crippen LogP contribution is -2.29. The third kappa shape index (κ3) is 4.58. The fourth-order valence-corrected chi connectivity index (χ4v) is 1.93. The van der Waals surface area contributed by atoms with Crippen molar-refractivity contribution in [2.24, 2.45) is 0 Å². The minimum absolute atomic E-state index is 0.350. The SMILES string of the molecule is C=CCC(C)NC(CC=C)c1ccc(C)cc1. The van der Waals surface area contributed by atoms with E-state index in [2.05, 4.69) is 56.6 Å². The molecule has 0 bridgehead atoms. The van der Waals surface area contributed by atoms with Gasteiger partial charge >= 0.3 is 0 Å². The first-order valence-corrected chi connectivity index (χ1v) is 6.21. The molecule has 0 aliphatic heterocycles. The van der Waals surface area contributed by atoms with Crippen molar-refractivity contribution in [3.8, 4) is 0 Å². The molecule has 2 unspecified atom stereocenters. The number of hydrogen-bond donors (Lipinski definition) is 1. The molecule has 0 heterocycles. The van der Waals surface area contributed by atoms with Crippen LogP contribution in [0.15, 0.2) is 49.6 Å². The molecule has 0 saturated heterocycles. The van der Waals surface area contributed by atoms with Crippen LogP contribution in [-0.2, 0) is 0 Å². The zero-order valence-electron chi connectivity index (χ0n) is 10.9. The Morgan fingerprint density at radius 3 is 2.24 bits per heavy atom. The fourth-order valence-electron chi connectivity index (χ4n) is 1.93. The lowest BCUT2D eigenvalue weighted by Gasteiger charge is -2.22. The first kappa shape index (κ1) is 13.7. The summed E-state index contributed by atoms with van der Waals surface area (Å²) in [7, 11) is 0. The van der Waals surface area contributed by atoms with E-state index in [9.17, 15) is 0 Å². The molecule has 17 heavy (non-hydrogen) atoms. The van der Waals surface area contributed by atoms with E-state index in [-0.39, 0.29) is 0 Å². The molecule has 1 N–H and O–H groups in total. The highest BCUT2D eigenvalue weighted by atomic mass is 14.9. The lowest BCUT2D eigenvalue weighted by molar-refractivity contribution is 0.460. The zero-order valence-corrected chi connectivity index (χ0v) is 10.9. The van der Waals surface area contributed by atoms with E-state index >= 15 is 0 Å². The van der Waals surface area contributed by atoms with Gasteiger partial charge in [-0.2, -0.15) is 0 Å². The fraction of sp³-hybridized carbons (Fsp3) is 0.375. The van der Waals surface area contributed by atoms with E-state index in [0.29, 0.717) is 12.1 Å². The first-order chi connectivity index (χ1) is 8.17. The van der Waals surface area contributed by atoms with Crippen molar-refractivity contribution >= 4 is 0 Å². The molecule has 0 spiro atoms. The van der Waals surface area contributed by atoms with E-state index in [1.165, 1.54) is 11.1 Å². The number of benzene rings is 1. The summed E-state index contributed by atoms with van der Waals surface area (Å²) < 4.78 is 0. The van der Waals surface area contributed by atoms with Crippen LogP contribution >= 0.6 is 0 Å². The topological polar surface area (TPSA) is 12.0 Å². The monoisotopic (exact) mass is 229 g/mol. The van der Waals surface area contributed by atoms with E-state index in [0.717, 1.165) is 12.8 Å². The molecule has 1 heteroatoms. The maximum atomic E-state index is 3.84. The quantitative estimate of drug-likeness (QED) is 0.692. The van der Waals surface area contributed by atoms with Gasteiger partial charge < -0.3 is 5.32 Å². The van der Waals surface area contributed by atoms with Crippen molar-refractivity contribution in [3.05, 3.63) is 60.7 Å². The molecule has 0 amide bonds. The third-order valence-electron chi connectivity index (χ3n) is 2.89. The Kier molecular flexibility index (Phi) is 5.71. The summed E-state index contributed by atoms with van der Waals surface area (Å²) >= 11 is 0. The van der Waals surface area contributed by atoms with Crippen LogP contribution in [0.1, 0.15) is 36.9 Å². The summed E-state index contributed by atoms with van der Waals surface area (Å²) in [4.78, 5) is 0. The number of aryl methyl sites for hydroxylation is 1. The van der Waals surface area contributed by atoms with Crippen LogP contribution < -0.4 is 5.32 Å². The molecular formula is C16H23N. The molecule has 92 valence electrons. The van der Waals surface area contributed by atoms with Crippen LogP contribution in [0.25, 0.3) is 0 Å². The molecule has 0 saturated carbocycles. The van der Waals surface area contributed by atoms with Gasteiger partial charge in [-0.05, 0) is 32.3 Å². The van der Waals surface area contributed by atoms with Crippen molar-refractivity contribution in [1.82, 2.24) is 5.32 Å². The number of rotatable bonds is 7. The second-order valence-corrected chi connectivity index (χ2v) is 4.58. The molecule has 0 aliphatic carbocycles. The molecule has 0 fully saturated rings. The van der Waals surface area contributed by atoms with Gasteiger partial charge in [-0.3, -0.25) is 0 Å². The molecule has 0 aliphatic rings. The molecular weight excluding hydrogens is 206 g/mol. The smallest absolute Gasteiger partial charge is 0.0357 e. The van der Waals surface area contributed by atoms with Crippen molar-refractivity contribution in [2.45, 2.75) is 38.8 Å². The number of nitrogens with one attached hydrogen (secondary N) is 1. The Bertz CT molecular complexity index is 350. The highest BCUT2D eigenvalue weighted by Gasteiger charge is 2.11. The Labute approximate surface area is 105 Å². The summed E-state index contributed by atoms with van der Waals surface area (Å²) in [5.41, 5.74) is 2.62. The molecule has 1 aromatic rings. The standard InChI is InChI=1S/C16H23N/c1-5-7-14(4)17-16(8-6-2)15-11-9-13(3)10-12-15/h5-6,9-12,14,16-17H,1-2,7-8H2,3-4H3. The van der Waals surface area contributed by atoms with Gasteiger partial charge in [0.2, 0.25) is 0 Å². The lowest BCUT2D eigenvalue weighted by atomic mass is 10.0. The molecule has 2 atom stereocenters. The summed E-state index contributed by atoms with van der Waals surface area (Å²) in [6.07, 6.45) is 5.86. The van der Waals surface area contributed by atoms with Crippen LogP contribution in [0.5, 0.6) is 0 Å². The van der Waals surface area contributed by atoms with Gasteiger partial charge in [0.25, 0.3) is 0 Å². The Morgan fingerprint density at radius 2 is 1.71 bits per heavy atom. The Morgan fingerprint density at radius 1 is 1.12 bits per heavy atom. The van der Waals surface area contributed by atoms with Gasteiger partial charge in [0.15, 0.2) is 0 Å². The van der Waals surface area contributed by atoms with Crippen molar-refractivity contribution in [1.29, 1.82) is 0 Å². The van der Waals surface area contributed by atoms with Gasteiger partial charge in [-0.1, -0.05) is 42.0 Å². The Balaban J connectivity index is 2.73. The van der Waals surface area contributed by atoms with E-state index in [1.54, 1.807) is 0 Å². The molecule has 0 radical (unpaired) electrons. The average molecular weight is 229 g/mol. The van der Waals surface area contributed by atoms with Crippen LogP contribution in [0.4, 0.5) is 0 Å². The largest absolute Gasteiger partial charge is 0.307 e. The highest BCUT2D eigenvalue weighted by Crippen LogP contribution is 2.19. The Hall–Kier alpha value is -1.34. The van der Waals surface area contributed by atoms with Gasteiger partial charge in [-0.15, -0.1) is 13.2 Å². The zero-order chi connectivity index (χ0) is 12.7. The molecule has 0 aromatic heterocycles. The second kappa shape index (κ2) is 7.08. The summed E-state index contributed by atoms with van der Waals surface area (Å²) in [6.45, 7) is 11.9. The van der Waals surface area contributed by atoms with Crippen molar-refractivity contribution in [3.63, 3.8) is 0 Å². The maximum absolute atomic E-state index is 3.84. The summed E-state index contributed by atoms with van der Waals surface area (Å²) in [5, 5.41) is 3.61. The number of hydrogen-bond acceptors (Lipinski definition) is 1. The van der Waals surface area contributed by atoms with E-state index < -0.39 is 0 Å². The van der Waals surface area contributed by atoms with Gasteiger partial charge in [0.1, 0.15) is 0 Å². The molecule has 1 rings (SSSR count). The molecule has 1 nitrogen and oxygen atoms in total. The van der Waals surface area contributed by atoms with Crippen LogP contribution in [0, 0.1) is 6.92 Å². The van der Waals surface area contributed by atoms with Gasteiger partial charge in [0, 0.05) is 12.1 Å². The minimum Gasteiger partial charge on any atom is -0.307 e. The van der Waals surface area contributed by atoms with Crippen LogP contribution in [0.3, 0.4) is 0 Å². The normalized spacial score (nSPS) is 14.0. The van der Waals surface area contributed by atoms with E-state index in [4.69, 9.17) is 0 Å². The molecule has 1 aromatic carbocycles. The third-order valence-corrected chi connectivity index (χ3v) is 2.89. The predicted octanol–water partition coefficient (Wildman–Crippen LogP) is 4.17. The van der Waals surface area contributed by atoms with Gasteiger partial charge in [0.05, 0.1) is 0 Å². The summed E-state index contributed by atoms with van der Waals surface area (Å²) in [6, 6.07) is 9.49. The van der Waals surface area contributed by atoms with Crippen LogP contribution in [-0.4, -0.2) is 6.04 Å². The van der Waals surface area contributed by atoms with Gasteiger partial charge in [-0.25, -0.2) is 0 Å². The van der Waals surface area contributed by atoms with Crippen molar-refractivity contribution < 1.29 is 0 Å². The second-order valence-electron chi connectivity index (χ2n) is 4.58. The van der Waals surface area contributed by atoms with Crippen LogP contribution in [0.2, 0.25) is 0 Å². The van der Waals surface area contributed by atoms with Crippen molar-refractivity contribution in [2.75, 3.05) is 0 Å². The maximum Gasteiger partial charge on any atom is 0.0357 e. The first-order valence-electron chi connectivity index (χ1n) is 6.21. The minimum atomic E-state index is 0.350. The highest BCUT2D eigenvalue weighted by molar-refractivity contribution is 5.24. The van der Waals surface area contributed by atoms with E-state index in [1.807, 2.05) is 12.2 Å². The average Bonchev–Trinajstić information content (AvgIpc) is 2.30. The summed E-state index contributed by atoms with van der Waals surface area (Å²) in [5.74, 6) is 0. The predicted molar refractivity (Wildman–Crippen MR) is 76.1 cm³/mol.